The van der Waals surface area contributed by atoms with Crippen molar-refractivity contribution in [2.24, 2.45) is 7.05 Å². The van der Waals surface area contributed by atoms with Gasteiger partial charge >= 0.3 is 6.09 Å². The van der Waals surface area contributed by atoms with Gasteiger partial charge in [0, 0.05) is 28.7 Å². The first-order valence-electron chi connectivity index (χ1n) is 10.3. The molecule has 9 heteroatoms. The Morgan fingerprint density at radius 2 is 1.88 bits per heavy atom. The molecule has 0 spiro atoms. The minimum Gasteiger partial charge on any atom is -0.444 e. The van der Waals surface area contributed by atoms with Crippen LogP contribution in [0.25, 0.3) is 11.3 Å². The van der Waals surface area contributed by atoms with Crippen LogP contribution in [-0.2, 0) is 23.0 Å². The molecular formula is C24H26BrClN4O3. The molecule has 7 nitrogen and oxygen atoms in total. The van der Waals surface area contributed by atoms with Crippen molar-refractivity contribution < 1.29 is 14.3 Å². The zero-order chi connectivity index (χ0) is 24.2. The normalized spacial score (nSPS) is 12.2. The van der Waals surface area contributed by atoms with E-state index in [4.69, 9.17) is 16.3 Å². The van der Waals surface area contributed by atoms with Gasteiger partial charge in [0.2, 0.25) is 5.91 Å². The van der Waals surface area contributed by atoms with Crippen LogP contribution in [0.1, 0.15) is 26.3 Å². The number of anilines is 1. The number of ether oxygens (including phenoxy) is 1. The highest BCUT2D eigenvalue weighted by Crippen LogP contribution is 2.24. The third-order valence-corrected chi connectivity index (χ3v) is 5.57. The molecule has 2 amide bonds. The van der Waals surface area contributed by atoms with Crippen LogP contribution in [-0.4, -0.2) is 33.2 Å². The monoisotopic (exact) mass is 532 g/mol. The van der Waals surface area contributed by atoms with Crippen molar-refractivity contribution in [3.63, 3.8) is 0 Å². The Morgan fingerprint density at radius 1 is 1.18 bits per heavy atom. The minimum atomic E-state index is -0.900. The van der Waals surface area contributed by atoms with Crippen molar-refractivity contribution in [3.05, 3.63) is 70.0 Å². The lowest BCUT2D eigenvalue weighted by Gasteiger charge is -2.23. The van der Waals surface area contributed by atoms with Crippen LogP contribution >= 0.6 is 27.5 Å². The lowest BCUT2D eigenvalue weighted by Crippen LogP contribution is -2.47. The Bertz CT molecular complexity index is 1140. The molecule has 2 aromatic carbocycles. The van der Waals surface area contributed by atoms with Gasteiger partial charge in [-0.15, -0.1) is 0 Å². The second-order valence-corrected chi connectivity index (χ2v) is 9.92. The Kier molecular flexibility index (Phi) is 7.81. The number of alkyl carbamates (subject to hydrolysis) is 1. The Morgan fingerprint density at radius 3 is 2.48 bits per heavy atom. The molecule has 0 aliphatic heterocycles. The second kappa shape index (κ2) is 10.4. The number of nitrogens with one attached hydrogen (secondary N) is 2. The molecular weight excluding hydrogens is 508 g/mol. The van der Waals surface area contributed by atoms with E-state index in [1.807, 2.05) is 35.9 Å². The molecule has 0 radical (unpaired) electrons. The SMILES string of the molecule is Cn1cncc1-c1ccc(NC(=O)[C@H](Cc2cc(Br)ccc2Cl)NC(=O)OC(C)(C)C)cc1. The molecule has 33 heavy (non-hydrogen) atoms. The molecule has 0 saturated carbocycles. The number of imidazole rings is 1. The Balaban J connectivity index is 1.78. The summed E-state index contributed by atoms with van der Waals surface area (Å²) in [4.78, 5) is 29.7. The summed E-state index contributed by atoms with van der Waals surface area (Å²) in [6.45, 7) is 5.28. The average Bonchev–Trinajstić information content (AvgIpc) is 3.15. The maximum Gasteiger partial charge on any atom is 0.408 e. The third-order valence-electron chi connectivity index (χ3n) is 4.70. The van der Waals surface area contributed by atoms with Crippen molar-refractivity contribution in [2.75, 3.05) is 5.32 Å². The largest absolute Gasteiger partial charge is 0.444 e. The lowest BCUT2D eigenvalue weighted by atomic mass is 10.0. The minimum absolute atomic E-state index is 0.191. The predicted molar refractivity (Wildman–Crippen MR) is 133 cm³/mol. The molecule has 0 aliphatic rings. The van der Waals surface area contributed by atoms with Crippen LogP contribution in [0.15, 0.2) is 59.5 Å². The summed E-state index contributed by atoms with van der Waals surface area (Å²) in [6.07, 6.45) is 3.01. The van der Waals surface area contributed by atoms with Crippen molar-refractivity contribution in [1.29, 1.82) is 0 Å². The molecule has 1 heterocycles. The molecule has 3 rings (SSSR count). The van der Waals surface area contributed by atoms with Crippen LogP contribution in [0.5, 0.6) is 0 Å². The zero-order valence-corrected chi connectivity index (χ0v) is 21.2. The fraction of sp³-hybridized carbons (Fsp3) is 0.292. The third kappa shape index (κ3) is 7.07. The van der Waals surface area contributed by atoms with E-state index >= 15 is 0 Å². The first-order chi connectivity index (χ1) is 15.5. The number of rotatable bonds is 6. The lowest BCUT2D eigenvalue weighted by molar-refractivity contribution is -0.118. The number of carbonyl (C=O) groups is 2. The van der Waals surface area contributed by atoms with Gasteiger partial charge < -0.3 is 19.9 Å². The standard InChI is InChI=1S/C24H26BrClN4O3/c1-24(2,3)33-23(32)29-20(12-16-11-17(25)7-10-19(16)26)22(31)28-18-8-5-15(6-9-18)21-13-27-14-30(21)4/h5-11,13-14,20H,12H2,1-4H3,(H,28,31)(H,29,32)/t20-/m0/s1. The van der Waals surface area contributed by atoms with Crippen molar-refractivity contribution in [3.8, 4) is 11.3 Å². The number of aryl methyl sites for hydroxylation is 1. The maximum atomic E-state index is 13.1. The van der Waals surface area contributed by atoms with E-state index < -0.39 is 17.7 Å². The number of nitrogens with zero attached hydrogens (tertiary/aromatic N) is 2. The van der Waals surface area contributed by atoms with Crippen LogP contribution in [0.3, 0.4) is 0 Å². The average molecular weight is 534 g/mol. The number of carbonyl (C=O) groups excluding carboxylic acids is 2. The van der Waals surface area contributed by atoms with Gasteiger partial charge in [-0.3, -0.25) is 4.79 Å². The van der Waals surface area contributed by atoms with Gasteiger partial charge in [-0.25, -0.2) is 9.78 Å². The molecule has 0 bridgehead atoms. The summed E-state index contributed by atoms with van der Waals surface area (Å²) in [6, 6.07) is 11.9. The topological polar surface area (TPSA) is 85.3 Å². The summed E-state index contributed by atoms with van der Waals surface area (Å²) < 4.78 is 8.08. The molecule has 0 fully saturated rings. The molecule has 2 N–H and O–H groups in total. The van der Waals surface area contributed by atoms with Gasteiger partial charge in [0.15, 0.2) is 0 Å². The summed E-state index contributed by atoms with van der Waals surface area (Å²) in [7, 11) is 1.91. The summed E-state index contributed by atoms with van der Waals surface area (Å²) in [5.74, 6) is -0.384. The molecule has 0 aliphatic carbocycles. The van der Waals surface area contributed by atoms with Crippen molar-refractivity contribution >= 4 is 45.2 Å². The number of hydrogen-bond acceptors (Lipinski definition) is 4. The fourth-order valence-corrected chi connectivity index (χ4v) is 3.77. The maximum absolute atomic E-state index is 13.1. The highest BCUT2D eigenvalue weighted by atomic mass is 79.9. The van der Waals surface area contributed by atoms with Crippen molar-refractivity contribution in [2.45, 2.75) is 38.8 Å². The van der Waals surface area contributed by atoms with E-state index in [0.29, 0.717) is 16.3 Å². The van der Waals surface area contributed by atoms with Crippen LogP contribution in [0.2, 0.25) is 5.02 Å². The van der Waals surface area contributed by atoms with Gasteiger partial charge in [-0.2, -0.15) is 0 Å². The number of halogens is 2. The molecule has 3 aromatic rings. The van der Waals surface area contributed by atoms with Gasteiger partial charge in [0.05, 0.1) is 18.2 Å². The second-order valence-electron chi connectivity index (χ2n) is 8.60. The first-order valence-corrected chi connectivity index (χ1v) is 11.5. The van der Waals surface area contributed by atoms with E-state index in [2.05, 4.69) is 31.5 Å². The van der Waals surface area contributed by atoms with Crippen LogP contribution in [0.4, 0.5) is 10.5 Å². The van der Waals surface area contributed by atoms with Crippen LogP contribution < -0.4 is 10.6 Å². The number of aromatic nitrogens is 2. The Labute approximate surface area is 206 Å². The summed E-state index contributed by atoms with van der Waals surface area (Å²) in [5.41, 5.74) is 2.55. The number of amides is 2. The highest BCUT2D eigenvalue weighted by Gasteiger charge is 2.25. The Hall–Kier alpha value is -2.84. The highest BCUT2D eigenvalue weighted by molar-refractivity contribution is 9.10. The molecule has 0 saturated heterocycles. The number of hydrogen-bond donors (Lipinski definition) is 2. The molecule has 1 atom stereocenters. The first kappa shape index (κ1) is 24.8. The van der Waals surface area contributed by atoms with Gasteiger partial charge in [0.1, 0.15) is 11.6 Å². The molecule has 1 aromatic heterocycles. The molecule has 174 valence electrons. The van der Waals surface area contributed by atoms with Crippen LogP contribution in [0, 0.1) is 0 Å². The summed E-state index contributed by atoms with van der Waals surface area (Å²) in [5, 5.41) is 6.04. The van der Waals surface area contributed by atoms with Crippen molar-refractivity contribution in [1.82, 2.24) is 14.9 Å². The summed E-state index contributed by atoms with van der Waals surface area (Å²) >= 11 is 9.74. The van der Waals surface area contributed by atoms with E-state index in [1.54, 1.807) is 51.5 Å². The van der Waals surface area contributed by atoms with Gasteiger partial charge in [-0.1, -0.05) is 39.7 Å². The number of benzene rings is 2. The predicted octanol–water partition coefficient (Wildman–Crippen LogP) is 5.58. The van der Waals surface area contributed by atoms with E-state index in [-0.39, 0.29) is 12.3 Å². The smallest absolute Gasteiger partial charge is 0.408 e. The zero-order valence-electron chi connectivity index (χ0n) is 18.9. The van der Waals surface area contributed by atoms with Gasteiger partial charge in [-0.05, 0) is 62.2 Å². The van der Waals surface area contributed by atoms with E-state index in [1.165, 1.54) is 0 Å². The van der Waals surface area contributed by atoms with Gasteiger partial charge in [0.25, 0.3) is 0 Å². The molecule has 0 unspecified atom stereocenters. The van der Waals surface area contributed by atoms with E-state index in [9.17, 15) is 9.59 Å². The van der Waals surface area contributed by atoms with E-state index in [0.717, 1.165) is 15.7 Å². The fourth-order valence-electron chi connectivity index (χ4n) is 3.17. The quantitative estimate of drug-likeness (QED) is 0.433.